The van der Waals surface area contributed by atoms with Crippen molar-refractivity contribution < 1.29 is 4.39 Å². The summed E-state index contributed by atoms with van der Waals surface area (Å²) < 4.78 is 15.3. The van der Waals surface area contributed by atoms with E-state index in [1.54, 1.807) is 29.4 Å². The van der Waals surface area contributed by atoms with Crippen LogP contribution in [-0.4, -0.2) is 19.5 Å². The molecule has 0 aromatic carbocycles. The summed E-state index contributed by atoms with van der Waals surface area (Å²) in [4.78, 5) is 12.3. The number of nitrogens with zero attached hydrogens (tertiary/aromatic N) is 4. The van der Waals surface area contributed by atoms with Gasteiger partial charge in [0.15, 0.2) is 11.6 Å². The molecule has 0 N–H and O–H groups in total. The fourth-order valence-corrected chi connectivity index (χ4v) is 1.74. The first kappa shape index (κ1) is 9.89. The lowest BCUT2D eigenvalue weighted by Gasteiger charge is -2.04. The Balaban J connectivity index is 2.31. The standard InChI is InChI=1S/C12H9FN4/c1-8-5-11-10(6-15-8)16-7-17(11)12-9(13)3-2-4-14-12/h2-7H,1H3. The zero-order chi connectivity index (χ0) is 11.8. The Hall–Kier alpha value is -2.30. The average molecular weight is 228 g/mol. The van der Waals surface area contributed by atoms with Crippen molar-refractivity contribution in [3.05, 3.63) is 48.4 Å². The van der Waals surface area contributed by atoms with Gasteiger partial charge >= 0.3 is 0 Å². The van der Waals surface area contributed by atoms with Crippen LogP contribution in [0.15, 0.2) is 36.9 Å². The molecule has 3 rings (SSSR count). The number of imidazole rings is 1. The maximum atomic E-state index is 13.7. The molecule has 3 aromatic heterocycles. The molecule has 0 unspecified atom stereocenters. The molecule has 84 valence electrons. The number of aromatic nitrogens is 4. The quantitative estimate of drug-likeness (QED) is 0.641. The molecule has 3 aromatic rings. The summed E-state index contributed by atoms with van der Waals surface area (Å²) in [5.74, 6) is -0.123. The van der Waals surface area contributed by atoms with Crippen LogP contribution < -0.4 is 0 Å². The number of aryl methyl sites for hydroxylation is 1. The lowest BCUT2D eigenvalue weighted by Crippen LogP contribution is -1.99. The minimum absolute atomic E-state index is 0.251. The predicted molar refractivity (Wildman–Crippen MR) is 61.4 cm³/mol. The van der Waals surface area contributed by atoms with E-state index in [9.17, 15) is 4.39 Å². The summed E-state index contributed by atoms with van der Waals surface area (Å²) in [6.45, 7) is 1.88. The smallest absolute Gasteiger partial charge is 0.174 e. The van der Waals surface area contributed by atoms with Gasteiger partial charge in [0.1, 0.15) is 11.8 Å². The molecular formula is C12H9FN4. The average Bonchev–Trinajstić information content (AvgIpc) is 2.72. The van der Waals surface area contributed by atoms with Gasteiger partial charge in [-0.15, -0.1) is 0 Å². The molecule has 0 aliphatic heterocycles. The number of pyridine rings is 2. The second-order valence-electron chi connectivity index (χ2n) is 3.74. The molecule has 5 heteroatoms. The monoisotopic (exact) mass is 228 g/mol. The van der Waals surface area contributed by atoms with E-state index in [0.29, 0.717) is 0 Å². The molecule has 0 aliphatic rings. The van der Waals surface area contributed by atoms with Crippen LogP contribution in [0.25, 0.3) is 16.9 Å². The summed E-state index contributed by atoms with van der Waals surface area (Å²) in [7, 11) is 0. The highest BCUT2D eigenvalue weighted by Crippen LogP contribution is 2.18. The lowest BCUT2D eigenvalue weighted by atomic mass is 10.3. The van der Waals surface area contributed by atoms with Crippen LogP contribution in [0.4, 0.5) is 4.39 Å². The van der Waals surface area contributed by atoms with Gasteiger partial charge in [-0.3, -0.25) is 9.55 Å². The van der Waals surface area contributed by atoms with E-state index in [1.807, 2.05) is 13.0 Å². The Morgan fingerprint density at radius 2 is 2.12 bits per heavy atom. The summed E-state index contributed by atoms with van der Waals surface area (Å²) in [6.07, 6.45) is 4.78. The maximum Gasteiger partial charge on any atom is 0.174 e. The fraction of sp³-hybridized carbons (Fsp3) is 0.0833. The molecule has 0 aliphatic carbocycles. The van der Waals surface area contributed by atoms with E-state index in [-0.39, 0.29) is 11.6 Å². The third-order valence-corrected chi connectivity index (χ3v) is 2.54. The third-order valence-electron chi connectivity index (χ3n) is 2.54. The molecular weight excluding hydrogens is 219 g/mol. The number of rotatable bonds is 1. The second kappa shape index (κ2) is 3.62. The Labute approximate surface area is 96.8 Å². The van der Waals surface area contributed by atoms with Gasteiger partial charge in [-0.1, -0.05) is 0 Å². The highest BCUT2D eigenvalue weighted by Gasteiger charge is 2.09. The molecule has 0 atom stereocenters. The number of hydrogen-bond acceptors (Lipinski definition) is 3. The first-order valence-electron chi connectivity index (χ1n) is 5.16. The maximum absolute atomic E-state index is 13.7. The number of hydrogen-bond donors (Lipinski definition) is 0. The largest absolute Gasteiger partial charge is 0.280 e. The first-order valence-corrected chi connectivity index (χ1v) is 5.16. The van der Waals surface area contributed by atoms with Crippen LogP contribution >= 0.6 is 0 Å². The lowest BCUT2D eigenvalue weighted by molar-refractivity contribution is 0.611. The van der Waals surface area contributed by atoms with Crippen molar-refractivity contribution in [1.29, 1.82) is 0 Å². The Bertz CT molecular complexity index is 690. The van der Waals surface area contributed by atoms with Gasteiger partial charge in [0.25, 0.3) is 0 Å². The minimum atomic E-state index is -0.374. The van der Waals surface area contributed by atoms with E-state index < -0.39 is 0 Å². The molecule has 17 heavy (non-hydrogen) atoms. The van der Waals surface area contributed by atoms with Crippen LogP contribution in [0.5, 0.6) is 0 Å². The molecule has 0 bridgehead atoms. The summed E-state index contributed by atoms with van der Waals surface area (Å²) in [5.41, 5.74) is 2.38. The van der Waals surface area contributed by atoms with Crippen LogP contribution in [0.1, 0.15) is 5.69 Å². The molecule has 0 saturated carbocycles. The van der Waals surface area contributed by atoms with Crippen molar-refractivity contribution >= 4 is 11.0 Å². The van der Waals surface area contributed by atoms with Gasteiger partial charge in [0.05, 0.1) is 11.7 Å². The molecule has 0 fully saturated rings. The first-order chi connectivity index (χ1) is 8.25. The highest BCUT2D eigenvalue weighted by atomic mass is 19.1. The van der Waals surface area contributed by atoms with Crippen molar-refractivity contribution in [3.8, 4) is 5.82 Å². The van der Waals surface area contributed by atoms with Crippen molar-refractivity contribution in [2.24, 2.45) is 0 Å². The van der Waals surface area contributed by atoms with Crippen molar-refractivity contribution in [2.45, 2.75) is 6.92 Å². The molecule has 0 spiro atoms. The van der Waals surface area contributed by atoms with Crippen molar-refractivity contribution in [1.82, 2.24) is 19.5 Å². The van der Waals surface area contributed by atoms with E-state index in [4.69, 9.17) is 0 Å². The molecule has 0 saturated heterocycles. The van der Waals surface area contributed by atoms with E-state index in [1.165, 1.54) is 6.07 Å². The van der Waals surface area contributed by atoms with Crippen molar-refractivity contribution in [3.63, 3.8) is 0 Å². The van der Waals surface area contributed by atoms with E-state index in [0.717, 1.165) is 16.7 Å². The topological polar surface area (TPSA) is 43.6 Å². The number of fused-ring (bicyclic) bond motifs is 1. The predicted octanol–water partition coefficient (Wildman–Crippen LogP) is 2.26. The van der Waals surface area contributed by atoms with Gasteiger partial charge in [-0.2, -0.15) is 0 Å². The minimum Gasteiger partial charge on any atom is -0.280 e. The van der Waals surface area contributed by atoms with Gasteiger partial charge in [-0.05, 0) is 25.1 Å². The van der Waals surface area contributed by atoms with Crippen LogP contribution in [0.3, 0.4) is 0 Å². The fourth-order valence-electron chi connectivity index (χ4n) is 1.74. The van der Waals surface area contributed by atoms with E-state index in [2.05, 4.69) is 15.0 Å². The third kappa shape index (κ3) is 1.56. The molecule has 0 radical (unpaired) electrons. The van der Waals surface area contributed by atoms with Gasteiger partial charge in [0, 0.05) is 11.9 Å². The molecule has 3 heterocycles. The second-order valence-corrected chi connectivity index (χ2v) is 3.74. The Morgan fingerprint density at radius 1 is 1.24 bits per heavy atom. The summed E-state index contributed by atoms with van der Waals surface area (Å²) in [6, 6.07) is 4.80. The summed E-state index contributed by atoms with van der Waals surface area (Å²) in [5, 5.41) is 0. The normalized spacial score (nSPS) is 10.9. The van der Waals surface area contributed by atoms with Gasteiger partial charge in [0.2, 0.25) is 0 Å². The SMILES string of the molecule is Cc1cc2c(cn1)ncn2-c1ncccc1F. The van der Waals surface area contributed by atoms with Gasteiger partial charge in [-0.25, -0.2) is 14.4 Å². The molecule has 4 nitrogen and oxygen atoms in total. The zero-order valence-corrected chi connectivity index (χ0v) is 9.13. The summed E-state index contributed by atoms with van der Waals surface area (Å²) >= 11 is 0. The van der Waals surface area contributed by atoms with Crippen LogP contribution in [-0.2, 0) is 0 Å². The van der Waals surface area contributed by atoms with Crippen LogP contribution in [0.2, 0.25) is 0 Å². The Morgan fingerprint density at radius 3 is 2.94 bits per heavy atom. The van der Waals surface area contributed by atoms with Gasteiger partial charge < -0.3 is 0 Å². The number of halogens is 1. The van der Waals surface area contributed by atoms with E-state index >= 15 is 0 Å². The molecule has 0 amide bonds. The Kier molecular flexibility index (Phi) is 2.11. The zero-order valence-electron chi connectivity index (χ0n) is 9.13. The van der Waals surface area contributed by atoms with Crippen molar-refractivity contribution in [2.75, 3.05) is 0 Å². The highest BCUT2D eigenvalue weighted by molar-refractivity contribution is 5.76. The van der Waals surface area contributed by atoms with Crippen LogP contribution in [0, 0.1) is 12.7 Å².